The molecule has 1 aliphatic rings. The molecule has 0 saturated carbocycles. The van der Waals surface area contributed by atoms with Crippen molar-refractivity contribution in [3.05, 3.63) is 59.0 Å². The number of carbonyl (C=O) groups is 2. The molecule has 162 valence electrons. The van der Waals surface area contributed by atoms with Crippen LogP contribution in [-0.4, -0.2) is 58.2 Å². The lowest BCUT2D eigenvalue weighted by molar-refractivity contribution is -0.130. The molecule has 0 spiro atoms. The number of benzene rings is 1. The first kappa shape index (κ1) is 22.1. The highest BCUT2D eigenvalue weighted by molar-refractivity contribution is 5.91. The first-order valence-electron chi connectivity index (χ1n) is 10.6. The van der Waals surface area contributed by atoms with E-state index < -0.39 is 0 Å². The van der Waals surface area contributed by atoms with Gasteiger partial charge in [-0.2, -0.15) is 0 Å². The Labute approximate surface area is 179 Å². The average Bonchev–Trinajstić information content (AvgIpc) is 3.16. The first-order valence-corrected chi connectivity index (χ1v) is 10.6. The SMILES string of the molecule is CC(=O)N1CCN(C(=O)c2ccc(CN(Cc3ccc(C)cc3)C(C)(C)C)o2)CC1. The van der Waals surface area contributed by atoms with Gasteiger partial charge in [0.15, 0.2) is 5.76 Å². The molecule has 1 fully saturated rings. The molecular formula is C24H33N3O3. The monoisotopic (exact) mass is 411 g/mol. The Morgan fingerprint density at radius 2 is 1.53 bits per heavy atom. The molecule has 1 aromatic carbocycles. The molecule has 2 aromatic rings. The maximum Gasteiger partial charge on any atom is 0.289 e. The van der Waals surface area contributed by atoms with Gasteiger partial charge in [0.25, 0.3) is 5.91 Å². The highest BCUT2D eigenvalue weighted by atomic mass is 16.4. The van der Waals surface area contributed by atoms with Crippen LogP contribution in [-0.2, 0) is 17.9 Å². The van der Waals surface area contributed by atoms with Gasteiger partial charge < -0.3 is 14.2 Å². The summed E-state index contributed by atoms with van der Waals surface area (Å²) in [6, 6.07) is 12.2. The van der Waals surface area contributed by atoms with Gasteiger partial charge in [0.1, 0.15) is 5.76 Å². The number of rotatable bonds is 5. The summed E-state index contributed by atoms with van der Waals surface area (Å²) in [6.07, 6.45) is 0. The molecule has 3 rings (SSSR count). The predicted molar refractivity (Wildman–Crippen MR) is 117 cm³/mol. The number of aryl methyl sites for hydroxylation is 1. The van der Waals surface area contributed by atoms with E-state index in [4.69, 9.17) is 4.42 Å². The molecule has 2 amide bonds. The van der Waals surface area contributed by atoms with E-state index in [0.717, 1.165) is 12.3 Å². The molecule has 0 radical (unpaired) electrons. The molecule has 0 bridgehead atoms. The summed E-state index contributed by atoms with van der Waals surface area (Å²) >= 11 is 0. The number of hydrogen-bond acceptors (Lipinski definition) is 4. The maximum atomic E-state index is 12.8. The Hall–Kier alpha value is -2.60. The number of nitrogens with zero attached hydrogens (tertiary/aromatic N) is 3. The van der Waals surface area contributed by atoms with Crippen LogP contribution in [0.2, 0.25) is 0 Å². The maximum absolute atomic E-state index is 12.8. The molecular weight excluding hydrogens is 378 g/mol. The summed E-state index contributed by atoms with van der Waals surface area (Å²) in [6.45, 7) is 13.9. The summed E-state index contributed by atoms with van der Waals surface area (Å²) in [4.78, 5) is 30.2. The fraction of sp³-hybridized carbons (Fsp3) is 0.500. The zero-order chi connectivity index (χ0) is 21.9. The van der Waals surface area contributed by atoms with Gasteiger partial charge in [0.05, 0.1) is 6.54 Å². The van der Waals surface area contributed by atoms with E-state index in [2.05, 4.69) is 56.9 Å². The molecule has 1 aliphatic heterocycles. The lowest BCUT2D eigenvalue weighted by Gasteiger charge is -2.35. The van der Waals surface area contributed by atoms with Crippen molar-refractivity contribution in [2.45, 2.75) is 53.2 Å². The predicted octanol–water partition coefficient (Wildman–Crippen LogP) is 3.69. The molecule has 6 nitrogen and oxygen atoms in total. The van der Waals surface area contributed by atoms with Crippen molar-refractivity contribution < 1.29 is 14.0 Å². The van der Waals surface area contributed by atoms with Gasteiger partial charge in [-0.1, -0.05) is 29.8 Å². The minimum Gasteiger partial charge on any atom is -0.455 e. The Kier molecular flexibility index (Phi) is 6.66. The smallest absolute Gasteiger partial charge is 0.289 e. The van der Waals surface area contributed by atoms with Crippen LogP contribution in [0.3, 0.4) is 0 Å². The van der Waals surface area contributed by atoms with Crippen LogP contribution in [0.4, 0.5) is 0 Å². The van der Waals surface area contributed by atoms with Gasteiger partial charge in [0, 0.05) is 45.2 Å². The highest BCUT2D eigenvalue weighted by Crippen LogP contribution is 2.22. The molecule has 1 aromatic heterocycles. The molecule has 2 heterocycles. The minimum atomic E-state index is -0.106. The molecule has 0 atom stereocenters. The summed E-state index contributed by atoms with van der Waals surface area (Å²) < 4.78 is 5.94. The molecule has 6 heteroatoms. The van der Waals surface area contributed by atoms with Crippen LogP contribution in [0, 0.1) is 6.92 Å². The zero-order valence-electron chi connectivity index (χ0n) is 18.8. The van der Waals surface area contributed by atoms with E-state index in [1.165, 1.54) is 11.1 Å². The average molecular weight is 412 g/mol. The van der Waals surface area contributed by atoms with Crippen LogP contribution < -0.4 is 0 Å². The fourth-order valence-corrected chi connectivity index (χ4v) is 3.59. The second kappa shape index (κ2) is 9.04. The van der Waals surface area contributed by atoms with Gasteiger partial charge in [-0.15, -0.1) is 0 Å². The molecule has 30 heavy (non-hydrogen) atoms. The number of carbonyl (C=O) groups excluding carboxylic acids is 2. The second-order valence-corrected chi connectivity index (χ2v) is 9.08. The molecule has 0 unspecified atom stereocenters. The van der Waals surface area contributed by atoms with Crippen molar-refractivity contribution >= 4 is 11.8 Å². The highest BCUT2D eigenvalue weighted by Gasteiger charge is 2.27. The van der Waals surface area contributed by atoms with Gasteiger partial charge in [-0.25, -0.2) is 0 Å². The third-order valence-electron chi connectivity index (χ3n) is 5.67. The molecule has 0 N–H and O–H groups in total. The Morgan fingerprint density at radius 1 is 0.933 bits per heavy atom. The van der Waals surface area contributed by atoms with Crippen molar-refractivity contribution in [2.24, 2.45) is 0 Å². The standard InChI is InChI=1S/C24H33N3O3/c1-18-6-8-20(9-7-18)16-27(24(3,4)5)17-21-10-11-22(30-21)23(29)26-14-12-25(13-15-26)19(2)28/h6-11H,12-17H2,1-5H3. The number of furan rings is 1. The fourth-order valence-electron chi connectivity index (χ4n) is 3.59. The quantitative estimate of drug-likeness (QED) is 0.753. The van der Waals surface area contributed by atoms with Crippen LogP contribution >= 0.6 is 0 Å². The van der Waals surface area contributed by atoms with Crippen molar-refractivity contribution in [2.75, 3.05) is 26.2 Å². The lowest BCUT2D eigenvalue weighted by atomic mass is 10.0. The normalized spacial score (nSPS) is 15.0. The van der Waals surface area contributed by atoms with E-state index in [9.17, 15) is 9.59 Å². The second-order valence-electron chi connectivity index (χ2n) is 9.08. The Bertz CT molecular complexity index is 872. The van der Waals surface area contributed by atoms with Crippen LogP contribution in [0.15, 0.2) is 40.8 Å². The van der Waals surface area contributed by atoms with E-state index in [-0.39, 0.29) is 17.4 Å². The van der Waals surface area contributed by atoms with E-state index in [1.807, 2.05) is 6.07 Å². The Morgan fingerprint density at radius 3 is 2.10 bits per heavy atom. The Balaban J connectivity index is 1.65. The van der Waals surface area contributed by atoms with E-state index in [1.54, 1.807) is 22.8 Å². The van der Waals surface area contributed by atoms with Gasteiger partial charge in [-0.05, 0) is 45.4 Å². The zero-order valence-corrected chi connectivity index (χ0v) is 18.8. The number of hydrogen-bond donors (Lipinski definition) is 0. The number of piperazine rings is 1. The van der Waals surface area contributed by atoms with Gasteiger partial charge in [0.2, 0.25) is 5.91 Å². The molecule has 1 saturated heterocycles. The van der Waals surface area contributed by atoms with Crippen LogP contribution in [0.25, 0.3) is 0 Å². The third kappa shape index (κ3) is 5.51. The van der Waals surface area contributed by atoms with Gasteiger partial charge in [-0.3, -0.25) is 14.5 Å². The van der Waals surface area contributed by atoms with Gasteiger partial charge >= 0.3 is 0 Å². The van der Waals surface area contributed by atoms with Crippen molar-refractivity contribution in [1.29, 1.82) is 0 Å². The summed E-state index contributed by atoms with van der Waals surface area (Å²) in [5, 5.41) is 0. The van der Waals surface area contributed by atoms with Crippen LogP contribution in [0.5, 0.6) is 0 Å². The van der Waals surface area contributed by atoms with Crippen molar-refractivity contribution in [1.82, 2.24) is 14.7 Å². The van der Waals surface area contributed by atoms with Crippen molar-refractivity contribution in [3.63, 3.8) is 0 Å². The topological polar surface area (TPSA) is 57.0 Å². The summed E-state index contributed by atoms with van der Waals surface area (Å²) in [5.41, 5.74) is 2.45. The molecule has 0 aliphatic carbocycles. The minimum absolute atomic E-state index is 0.0507. The third-order valence-corrected chi connectivity index (χ3v) is 5.67. The lowest BCUT2D eigenvalue weighted by Crippen LogP contribution is -2.50. The summed E-state index contributed by atoms with van der Waals surface area (Å²) in [5.74, 6) is 1.09. The van der Waals surface area contributed by atoms with E-state index >= 15 is 0 Å². The first-order chi connectivity index (χ1) is 14.1. The number of amides is 2. The van der Waals surface area contributed by atoms with Crippen LogP contribution in [0.1, 0.15) is 55.1 Å². The largest absolute Gasteiger partial charge is 0.455 e. The van der Waals surface area contributed by atoms with E-state index in [0.29, 0.717) is 38.5 Å². The summed E-state index contributed by atoms with van der Waals surface area (Å²) in [7, 11) is 0. The van der Waals surface area contributed by atoms with Crippen molar-refractivity contribution in [3.8, 4) is 0 Å².